The van der Waals surface area contributed by atoms with Crippen LogP contribution in [0.5, 0.6) is 5.75 Å². The fraction of sp³-hybridized carbons (Fsp3) is 0.364. The number of nitrogens with zero attached hydrogens (tertiary/aromatic N) is 2. The Morgan fingerprint density at radius 2 is 2.06 bits per heavy atom. The summed E-state index contributed by atoms with van der Waals surface area (Å²) in [5, 5.41) is 5.96. The van der Waals surface area contributed by atoms with E-state index >= 15 is 0 Å². The number of ether oxygens (including phenoxy) is 1. The van der Waals surface area contributed by atoms with Gasteiger partial charge in [0, 0.05) is 22.5 Å². The van der Waals surface area contributed by atoms with E-state index < -0.39 is 9.84 Å². The zero-order valence-electron chi connectivity index (χ0n) is 17.4. The largest absolute Gasteiger partial charge is 0.494 e. The molecule has 7 nitrogen and oxygen atoms in total. The highest BCUT2D eigenvalue weighted by molar-refractivity contribution is 7.91. The first-order chi connectivity index (χ1) is 14.9. The van der Waals surface area contributed by atoms with E-state index in [1.165, 1.54) is 0 Å². The normalized spacial score (nSPS) is 17.5. The van der Waals surface area contributed by atoms with Crippen molar-refractivity contribution in [1.29, 1.82) is 0 Å². The SMILES string of the molecule is CCOc1ccc(-c2cc(C(=O)N(Cc3sccc3C)[C@@H]3CCS(=O)(=O)C3)no2)cc1. The van der Waals surface area contributed by atoms with Crippen molar-refractivity contribution in [2.75, 3.05) is 18.1 Å². The fourth-order valence-electron chi connectivity index (χ4n) is 3.65. The summed E-state index contributed by atoms with van der Waals surface area (Å²) in [5.41, 5.74) is 2.03. The molecule has 1 saturated heterocycles. The minimum Gasteiger partial charge on any atom is -0.494 e. The quantitative estimate of drug-likeness (QED) is 0.531. The highest BCUT2D eigenvalue weighted by Gasteiger charge is 2.36. The van der Waals surface area contributed by atoms with Crippen LogP contribution >= 0.6 is 11.3 Å². The average Bonchev–Trinajstić information content (AvgIpc) is 3.47. The third-order valence-corrected chi connectivity index (χ3v) is 8.13. The van der Waals surface area contributed by atoms with E-state index in [-0.39, 0.29) is 29.1 Å². The van der Waals surface area contributed by atoms with Gasteiger partial charge in [0.2, 0.25) is 0 Å². The first kappa shape index (κ1) is 21.6. The number of aryl methyl sites for hydroxylation is 1. The van der Waals surface area contributed by atoms with Gasteiger partial charge in [0.15, 0.2) is 21.3 Å². The molecule has 0 aliphatic carbocycles. The molecule has 1 aromatic carbocycles. The van der Waals surface area contributed by atoms with Crippen LogP contribution in [-0.2, 0) is 16.4 Å². The van der Waals surface area contributed by atoms with Crippen molar-refractivity contribution in [2.45, 2.75) is 32.9 Å². The van der Waals surface area contributed by atoms with Gasteiger partial charge < -0.3 is 14.2 Å². The molecule has 0 saturated carbocycles. The van der Waals surface area contributed by atoms with Crippen molar-refractivity contribution in [3.63, 3.8) is 0 Å². The molecule has 3 heterocycles. The van der Waals surface area contributed by atoms with E-state index in [0.29, 0.717) is 25.3 Å². The number of hydrogen-bond acceptors (Lipinski definition) is 7. The Balaban J connectivity index is 1.59. The summed E-state index contributed by atoms with van der Waals surface area (Å²) in [5.74, 6) is 0.976. The molecule has 9 heteroatoms. The molecule has 0 bridgehead atoms. The van der Waals surface area contributed by atoms with Crippen LogP contribution in [0.15, 0.2) is 46.3 Å². The van der Waals surface area contributed by atoms with Crippen LogP contribution < -0.4 is 4.74 Å². The van der Waals surface area contributed by atoms with Gasteiger partial charge >= 0.3 is 0 Å². The number of thiophene rings is 1. The standard InChI is InChI=1S/C22H24N2O5S2/c1-3-28-18-6-4-16(5-7-18)20-12-19(23-29-20)22(25)24(13-21-15(2)8-10-30-21)17-9-11-31(26,27)14-17/h4-8,10,12,17H,3,9,11,13-14H2,1-2H3/t17-/m1/s1. The first-order valence-electron chi connectivity index (χ1n) is 10.1. The van der Waals surface area contributed by atoms with Crippen molar-refractivity contribution in [2.24, 2.45) is 0 Å². The summed E-state index contributed by atoms with van der Waals surface area (Å²) < 4.78 is 35.0. The van der Waals surface area contributed by atoms with E-state index in [9.17, 15) is 13.2 Å². The number of carbonyl (C=O) groups excluding carboxylic acids is 1. The Morgan fingerprint density at radius 3 is 2.68 bits per heavy atom. The molecule has 1 amide bonds. The summed E-state index contributed by atoms with van der Waals surface area (Å²) >= 11 is 1.56. The monoisotopic (exact) mass is 460 g/mol. The maximum atomic E-state index is 13.4. The molecule has 4 rings (SSSR count). The minimum absolute atomic E-state index is 0.0211. The molecule has 31 heavy (non-hydrogen) atoms. The molecule has 0 spiro atoms. The number of aromatic nitrogens is 1. The lowest BCUT2D eigenvalue weighted by atomic mass is 10.1. The minimum atomic E-state index is -3.14. The van der Waals surface area contributed by atoms with Crippen molar-refractivity contribution in [3.05, 3.63) is 57.9 Å². The molecule has 1 atom stereocenters. The Labute approximate surface area is 185 Å². The maximum Gasteiger partial charge on any atom is 0.276 e. The number of benzene rings is 1. The van der Waals surface area contributed by atoms with Crippen molar-refractivity contribution < 1.29 is 22.5 Å². The second-order valence-electron chi connectivity index (χ2n) is 7.55. The van der Waals surface area contributed by atoms with Crippen molar-refractivity contribution in [3.8, 4) is 17.1 Å². The Morgan fingerprint density at radius 1 is 1.29 bits per heavy atom. The Bertz CT molecular complexity index is 1160. The van der Waals surface area contributed by atoms with Crippen molar-refractivity contribution in [1.82, 2.24) is 10.1 Å². The van der Waals surface area contributed by atoms with Gasteiger partial charge in [-0.15, -0.1) is 11.3 Å². The third kappa shape index (κ3) is 4.83. The van der Waals surface area contributed by atoms with Gasteiger partial charge in [0.1, 0.15) is 5.75 Å². The maximum absolute atomic E-state index is 13.4. The lowest BCUT2D eigenvalue weighted by molar-refractivity contribution is 0.0672. The summed E-state index contributed by atoms with van der Waals surface area (Å²) in [6, 6.07) is 10.6. The number of rotatable bonds is 7. The second kappa shape index (κ2) is 8.84. The molecular formula is C22H24N2O5S2. The number of amides is 1. The second-order valence-corrected chi connectivity index (χ2v) is 10.8. The molecular weight excluding hydrogens is 436 g/mol. The highest BCUT2D eigenvalue weighted by Crippen LogP contribution is 2.28. The summed E-state index contributed by atoms with van der Waals surface area (Å²) in [7, 11) is -3.14. The fourth-order valence-corrected chi connectivity index (χ4v) is 6.28. The first-order valence-corrected chi connectivity index (χ1v) is 12.8. The van der Waals surface area contributed by atoms with Crippen LogP contribution in [-0.4, -0.2) is 48.5 Å². The van der Waals surface area contributed by atoms with Crippen LogP contribution in [0.4, 0.5) is 0 Å². The number of carbonyl (C=O) groups is 1. The van der Waals surface area contributed by atoms with E-state index in [4.69, 9.17) is 9.26 Å². The Hall–Kier alpha value is -2.65. The number of sulfone groups is 1. The average molecular weight is 461 g/mol. The van der Waals surface area contributed by atoms with Crippen LogP contribution in [0.2, 0.25) is 0 Å². The summed E-state index contributed by atoms with van der Waals surface area (Å²) in [4.78, 5) is 16.0. The molecule has 1 fully saturated rings. The van der Waals surface area contributed by atoms with Gasteiger partial charge in [-0.1, -0.05) is 5.16 Å². The molecule has 164 valence electrons. The molecule has 1 aliphatic rings. The van der Waals surface area contributed by atoms with E-state index in [2.05, 4.69) is 5.16 Å². The zero-order chi connectivity index (χ0) is 22.0. The van der Waals surface area contributed by atoms with Gasteiger partial charge in [-0.25, -0.2) is 8.42 Å². The summed E-state index contributed by atoms with van der Waals surface area (Å²) in [6.07, 6.45) is 0.433. The van der Waals surface area contributed by atoms with Gasteiger partial charge in [0.05, 0.1) is 24.7 Å². The van der Waals surface area contributed by atoms with Gasteiger partial charge in [-0.2, -0.15) is 0 Å². The Kier molecular flexibility index (Phi) is 6.15. The molecule has 3 aromatic rings. The highest BCUT2D eigenvalue weighted by atomic mass is 32.2. The van der Waals surface area contributed by atoms with Crippen LogP contribution in [0.3, 0.4) is 0 Å². The predicted molar refractivity (Wildman–Crippen MR) is 119 cm³/mol. The summed E-state index contributed by atoms with van der Waals surface area (Å²) in [6.45, 7) is 4.84. The molecule has 0 N–H and O–H groups in total. The predicted octanol–water partition coefficient (Wildman–Crippen LogP) is 3.94. The molecule has 2 aromatic heterocycles. The van der Waals surface area contributed by atoms with Crippen LogP contribution in [0, 0.1) is 6.92 Å². The topological polar surface area (TPSA) is 89.7 Å². The van der Waals surface area contributed by atoms with Crippen LogP contribution in [0.25, 0.3) is 11.3 Å². The van der Waals surface area contributed by atoms with E-state index in [1.807, 2.05) is 49.6 Å². The van der Waals surface area contributed by atoms with E-state index in [0.717, 1.165) is 21.8 Å². The van der Waals surface area contributed by atoms with Gasteiger partial charge in [-0.3, -0.25) is 4.79 Å². The third-order valence-electron chi connectivity index (χ3n) is 5.37. The zero-order valence-corrected chi connectivity index (χ0v) is 19.0. The molecule has 1 aliphatic heterocycles. The van der Waals surface area contributed by atoms with Crippen molar-refractivity contribution >= 4 is 27.1 Å². The number of hydrogen-bond donors (Lipinski definition) is 0. The smallest absolute Gasteiger partial charge is 0.276 e. The van der Waals surface area contributed by atoms with Gasteiger partial charge in [0.25, 0.3) is 5.91 Å². The van der Waals surface area contributed by atoms with E-state index in [1.54, 1.807) is 22.3 Å². The van der Waals surface area contributed by atoms with Gasteiger partial charge in [-0.05, 0) is 61.5 Å². The lowest BCUT2D eigenvalue weighted by Crippen LogP contribution is -2.40. The van der Waals surface area contributed by atoms with Crippen LogP contribution in [0.1, 0.15) is 34.3 Å². The molecule has 0 radical (unpaired) electrons. The molecule has 0 unspecified atom stereocenters. The lowest BCUT2D eigenvalue weighted by Gasteiger charge is -2.27.